The van der Waals surface area contributed by atoms with Crippen molar-refractivity contribution in [3.05, 3.63) is 23.8 Å². The average Bonchev–Trinajstić information content (AvgIpc) is 2.35. The standard InChI is InChI=1S/C13H20N2O4S/c1-13(2,20(4,17)18)8-15-12(16)9-5-6-10(14)11(7-9)19-3/h5-7H,8,14H2,1-4H3,(H,15,16). The van der Waals surface area contributed by atoms with Gasteiger partial charge in [-0.2, -0.15) is 0 Å². The molecule has 0 aromatic heterocycles. The number of methoxy groups -OCH3 is 1. The minimum absolute atomic E-state index is 0.0252. The third-order valence-corrected chi connectivity index (χ3v) is 5.33. The zero-order chi connectivity index (χ0) is 15.6. The maximum atomic E-state index is 12.0. The summed E-state index contributed by atoms with van der Waals surface area (Å²) in [5.41, 5.74) is 6.46. The van der Waals surface area contributed by atoms with Crippen LogP contribution in [0.2, 0.25) is 0 Å². The Morgan fingerprint density at radius 1 is 1.40 bits per heavy atom. The highest BCUT2D eigenvalue weighted by atomic mass is 32.2. The second kappa shape index (κ2) is 5.70. The Morgan fingerprint density at radius 2 is 2.00 bits per heavy atom. The molecule has 0 radical (unpaired) electrons. The molecule has 112 valence electrons. The van der Waals surface area contributed by atoms with E-state index in [1.807, 2.05) is 0 Å². The molecule has 0 heterocycles. The first kappa shape index (κ1) is 16.3. The number of nitrogen functional groups attached to an aromatic ring is 1. The van der Waals surface area contributed by atoms with E-state index in [-0.39, 0.29) is 12.5 Å². The maximum Gasteiger partial charge on any atom is 0.251 e. The molecule has 20 heavy (non-hydrogen) atoms. The fraction of sp³-hybridized carbons (Fsp3) is 0.462. The number of sulfone groups is 1. The molecule has 1 aromatic carbocycles. The van der Waals surface area contributed by atoms with E-state index in [1.54, 1.807) is 26.0 Å². The molecule has 0 spiro atoms. The molecule has 0 aliphatic carbocycles. The predicted molar refractivity (Wildman–Crippen MR) is 78.7 cm³/mol. The van der Waals surface area contributed by atoms with E-state index < -0.39 is 14.6 Å². The number of anilines is 1. The second-order valence-corrected chi connectivity index (χ2v) is 7.82. The Labute approximate surface area is 119 Å². The summed E-state index contributed by atoms with van der Waals surface area (Å²) in [5.74, 6) is 0.0278. The van der Waals surface area contributed by atoms with E-state index in [9.17, 15) is 13.2 Å². The van der Waals surface area contributed by atoms with Gasteiger partial charge in [0, 0.05) is 18.4 Å². The van der Waals surface area contributed by atoms with Crippen molar-refractivity contribution in [3.63, 3.8) is 0 Å². The quantitative estimate of drug-likeness (QED) is 0.785. The first-order valence-electron chi connectivity index (χ1n) is 6.00. The van der Waals surface area contributed by atoms with Crippen molar-refractivity contribution in [2.45, 2.75) is 18.6 Å². The predicted octanol–water partition coefficient (Wildman–Crippen LogP) is 0.830. The summed E-state index contributed by atoms with van der Waals surface area (Å²) in [4.78, 5) is 12.0. The van der Waals surface area contributed by atoms with Crippen LogP contribution >= 0.6 is 0 Å². The summed E-state index contributed by atoms with van der Waals surface area (Å²) in [5, 5.41) is 2.60. The van der Waals surface area contributed by atoms with Gasteiger partial charge in [-0.1, -0.05) is 0 Å². The van der Waals surface area contributed by atoms with Crippen LogP contribution in [-0.4, -0.2) is 39.0 Å². The summed E-state index contributed by atoms with van der Waals surface area (Å²) in [6, 6.07) is 4.63. The fourth-order valence-corrected chi connectivity index (χ4v) is 1.71. The lowest BCUT2D eigenvalue weighted by Crippen LogP contribution is -2.43. The molecule has 0 atom stereocenters. The summed E-state index contributed by atoms with van der Waals surface area (Å²) in [7, 11) is -1.80. The summed E-state index contributed by atoms with van der Waals surface area (Å²) in [6.45, 7) is 3.15. The van der Waals surface area contributed by atoms with Crippen LogP contribution in [0.1, 0.15) is 24.2 Å². The monoisotopic (exact) mass is 300 g/mol. The Morgan fingerprint density at radius 3 is 2.50 bits per heavy atom. The third kappa shape index (κ3) is 3.63. The van der Waals surface area contributed by atoms with Gasteiger partial charge in [0.15, 0.2) is 9.84 Å². The molecule has 0 saturated carbocycles. The van der Waals surface area contributed by atoms with Crippen molar-refractivity contribution < 1.29 is 17.9 Å². The molecule has 6 nitrogen and oxygen atoms in total. The number of hydrogen-bond donors (Lipinski definition) is 2. The first-order valence-corrected chi connectivity index (χ1v) is 7.89. The number of hydrogen-bond acceptors (Lipinski definition) is 5. The minimum Gasteiger partial charge on any atom is -0.495 e. The molecule has 0 aliphatic rings. The minimum atomic E-state index is -3.26. The van der Waals surface area contributed by atoms with E-state index in [0.29, 0.717) is 17.0 Å². The normalized spacial score (nSPS) is 12.0. The molecule has 0 aliphatic heterocycles. The third-order valence-electron chi connectivity index (χ3n) is 3.17. The van der Waals surface area contributed by atoms with Crippen LogP contribution in [0.25, 0.3) is 0 Å². The number of carbonyl (C=O) groups is 1. The van der Waals surface area contributed by atoms with Gasteiger partial charge in [0.25, 0.3) is 5.91 Å². The van der Waals surface area contributed by atoms with Gasteiger partial charge in [-0.05, 0) is 32.0 Å². The zero-order valence-corrected chi connectivity index (χ0v) is 12.9. The summed E-state index contributed by atoms with van der Waals surface area (Å²) >= 11 is 0. The SMILES string of the molecule is COc1cc(C(=O)NCC(C)(C)S(C)(=O)=O)ccc1N. The molecular weight excluding hydrogens is 280 g/mol. The number of ether oxygens (including phenoxy) is 1. The summed E-state index contributed by atoms with van der Waals surface area (Å²) < 4.78 is 27.1. The first-order chi connectivity index (χ1) is 9.08. The van der Waals surface area contributed by atoms with Crippen LogP contribution in [-0.2, 0) is 9.84 Å². The van der Waals surface area contributed by atoms with Crippen LogP contribution in [0.15, 0.2) is 18.2 Å². The smallest absolute Gasteiger partial charge is 0.251 e. The topological polar surface area (TPSA) is 98.5 Å². The highest BCUT2D eigenvalue weighted by Gasteiger charge is 2.30. The van der Waals surface area contributed by atoms with Gasteiger partial charge in [-0.25, -0.2) is 8.42 Å². The van der Waals surface area contributed by atoms with Crippen molar-refractivity contribution >= 4 is 21.4 Å². The average molecular weight is 300 g/mol. The molecule has 1 rings (SSSR count). The zero-order valence-electron chi connectivity index (χ0n) is 12.1. The highest BCUT2D eigenvalue weighted by molar-refractivity contribution is 7.92. The number of carbonyl (C=O) groups excluding carboxylic acids is 1. The Bertz CT molecular complexity index is 609. The molecule has 0 saturated heterocycles. The van der Waals surface area contributed by atoms with E-state index in [1.165, 1.54) is 13.2 Å². The number of nitrogens with one attached hydrogen (secondary N) is 1. The van der Waals surface area contributed by atoms with Crippen LogP contribution in [0.3, 0.4) is 0 Å². The van der Waals surface area contributed by atoms with Crippen molar-refractivity contribution in [1.29, 1.82) is 0 Å². The van der Waals surface area contributed by atoms with Gasteiger partial charge >= 0.3 is 0 Å². The van der Waals surface area contributed by atoms with Crippen molar-refractivity contribution in [1.82, 2.24) is 5.32 Å². The van der Waals surface area contributed by atoms with Gasteiger partial charge in [0.1, 0.15) is 5.75 Å². The second-order valence-electron chi connectivity index (χ2n) is 5.17. The number of benzene rings is 1. The Kier molecular flexibility index (Phi) is 4.65. The van der Waals surface area contributed by atoms with E-state index in [0.717, 1.165) is 6.26 Å². The summed E-state index contributed by atoms with van der Waals surface area (Å²) in [6.07, 6.45) is 1.14. The van der Waals surface area contributed by atoms with Crippen LogP contribution in [0.5, 0.6) is 5.75 Å². The number of rotatable bonds is 5. The van der Waals surface area contributed by atoms with Gasteiger partial charge in [-0.3, -0.25) is 4.79 Å². The molecule has 7 heteroatoms. The molecule has 0 fully saturated rings. The van der Waals surface area contributed by atoms with Gasteiger partial charge in [0.2, 0.25) is 0 Å². The Balaban J connectivity index is 2.83. The van der Waals surface area contributed by atoms with E-state index in [4.69, 9.17) is 10.5 Å². The van der Waals surface area contributed by atoms with Crippen LogP contribution in [0.4, 0.5) is 5.69 Å². The maximum absolute atomic E-state index is 12.0. The lowest BCUT2D eigenvalue weighted by atomic mass is 10.1. The van der Waals surface area contributed by atoms with Gasteiger partial charge < -0.3 is 15.8 Å². The molecule has 0 unspecified atom stereocenters. The Hall–Kier alpha value is -1.76. The molecular formula is C13H20N2O4S. The highest BCUT2D eigenvalue weighted by Crippen LogP contribution is 2.22. The van der Waals surface area contributed by atoms with Crippen LogP contribution in [0, 0.1) is 0 Å². The largest absolute Gasteiger partial charge is 0.495 e. The van der Waals surface area contributed by atoms with Crippen molar-refractivity contribution in [2.24, 2.45) is 0 Å². The molecule has 1 aromatic rings. The van der Waals surface area contributed by atoms with Gasteiger partial charge in [-0.15, -0.1) is 0 Å². The van der Waals surface area contributed by atoms with E-state index >= 15 is 0 Å². The van der Waals surface area contributed by atoms with Crippen LogP contribution < -0.4 is 15.8 Å². The molecule has 0 bridgehead atoms. The number of amides is 1. The molecule has 3 N–H and O–H groups in total. The van der Waals surface area contributed by atoms with E-state index in [2.05, 4.69) is 5.32 Å². The lowest BCUT2D eigenvalue weighted by molar-refractivity contribution is 0.0950. The van der Waals surface area contributed by atoms with Crippen molar-refractivity contribution in [2.75, 3.05) is 25.6 Å². The fourth-order valence-electron chi connectivity index (χ4n) is 1.38. The number of nitrogens with two attached hydrogens (primary N) is 1. The molecule has 1 amide bonds. The lowest BCUT2D eigenvalue weighted by Gasteiger charge is -2.22. The van der Waals surface area contributed by atoms with Gasteiger partial charge in [0.05, 0.1) is 17.5 Å². The van der Waals surface area contributed by atoms with Crippen molar-refractivity contribution in [3.8, 4) is 5.75 Å².